The van der Waals surface area contributed by atoms with E-state index in [2.05, 4.69) is 27.9 Å². The Labute approximate surface area is 185 Å². The molecule has 0 radical (unpaired) electrons. The van der Waals surface area contributed by atoms with Gasteiger partial charge in [0.25, 0.3) is 0 Å². The highest BCUT2D eigenvalue weighted by atomic mass is 35.5. The summed E-state index contributed by atoms with van der Waals surface area (Å²) in [6.45, 7) is 2.44. The van der Waals surface area contributed by atoms with Crippen LogP contribution in [0.25, 0.3) is 33.8 Å². The van der Waals surface area contributed by atoms with E-state index in [9.17, 15) is 0 Å². The van der Waals surface area contributed by atoms with Crippen molar-refractivity contribution in [2.45, 2.75) is 39.0 Å². The number of nitrogens with one attached hydrogen (secondary N) is 1. The van der Waals surface area contributed by atoms with Gasteiger partial charge in [0.1, 0.15) is 10.7 Å². The Balaban J connectivity index is 1.44. The summed E-state index contributed by atoms with van der Waals surface area (Å²) in [6.07, 6.45) is 13.3. The highest BCUT2D eigenvalue weighted by molar-refractivity contribution is 6.29. The van der Waals surface area contributed by atoms with Crippen LogP contribution in [0.15, 0.2) is 41.5 Å². The summed E-state index contributed by atoms with van der Waals surface area (Å²) in [4.78, 5) is 21.8. The van der Waals surface area contributed by atoms with Crippen molar-refractivity contribution in [2.24, 2.45) is 23.7 Å². The van der Waals surface area contributed by atoms with E-state index in [0.717, 1.165) is 46.7 Å². The van der Waals surface area contributed by atoms with Gasteiger partial charge in [-0.15, -0.1) is 0 Å². The number of aromatic amines is 1. The number of halogens is 1. The average Bonchev–Trinajstić information content (AvgIpc) is 3.46. The zero-order chi connectivity index (χ0) is 20.9. The molecule has 0 amide bonds. The van der Waals surface area contributed by atoms with Crippen LogP contribution in [-0.2, 0) is 6.42 Å². The number of fused-ring (bicyclic) bond motifs is 4. The van der Waals surface area contributed by atoms with Crippen LogP contribution in [0, 0.1) is 23.7 Å². The molecule has 6 nitrogen and oxygen atoms in total. The number of furan rings is 1. The zero-order valence-corrected chi connectivity index (χ0v) is 18.1. The molecule has 4 heterocycles. The number of H-pyrrole nitrogens is 1. The third-order valence-corrected chi connectivity index (χ3v) is 7.66. The molecule has 2 unspecified atom stereocenters. The molecule has 2 atom stereocenters. The lowest BCUT2D eigenvalue weighted by atomic mass is 9.58. The topological polar surface area (TPSA) is 80.5 Å². The van der Waals surface area contributed by atoms with E-state index in [4.69, 9.17) is 26.0 Å². The van der Waals surface area contributed by atoms with E-state index >= 15 is 0 Å². The summed E-state index contributed by atoms with van der Waals surface area (Å²) < 4.78 is 5.33. The Hall–Kier alpha value is -2.73. The predicted molar refractivity (Wildman–Crippen MR) is 119 cm³/mol. The summed E-state index contributed by atoms with van der Waals surface area (Å²) in [6, 6.07) is 4.06. The fraction of sp³-hybridized carbons (Fsp3) is 0.417. The van der Waals surface area contributed by atoms with Gasteiger partial charge in [0.05, 0.1) is 30.0 Å². The smallest absolute Gasteiger partial charge is 0.163 e. The molecule has 1 N–H and O–H groups in total. The first kappa shape index (κ1) is 19.0. The largest absolute Gasteiger partial charge is 0.472 e. The van der Waals surface area contributed by atoms with E-state index in [1.807, 2.05) is 12.3 Å². The summed E-state index contributed by atoms with van der Waals surface area (Å²) in [5.74, 6) is 3.76. The van der Waals surface area contributed by atoms with Gasteiger partial charge in [-0.05, 0) is 67.9 Å². The van der Waals surface area contributed by atoms with Gasteiger partial charge in [-0.2, -0.15) is 0 Å². The molecule has 3 saturated carbocycles. The Kier molecular flexibility index (Phi) is 4.56. The Morgan fingerprint density at radius 1 is 1.13 bits per heavy atom. The van der Waals surface area contributed by atoms with E-state index in [-0.39, 0.29) is 0 Å². The molecule has 0 aromatic carbocycles. The molecule has 7 rings (SSSR count). The second-order valence-electron chi connectivity index (χ2n) is 9.07. The molecule has 7 heteroatoms. The highest BCUT2D eigenvalue weighted by Gasteiger charge is 2.41. The summed E-state index contributed by atoms with van der Waals surface area (Å²) in [5, 5.41) is 0.353. The zero-order valence-electron chi connectivity index (χ0n) is 17.4. The minimum atomic E-state index is 0.353. The minimum absolute atomic E-state index is 0.353. The maximum Gasteiger partial charge on any atom is 0.163 e. The molecule has 0 saturated heterocycles. The fourth-order valence-corrected chi connectivity index (χ4v) is 5.93. The molecule has 0 spiro atoms. The lowest BCUT2D eigenvalue weighted by Gasteiger charge is -2.47. The number of nitrogens with zero attached hydrogens (tertiary/aromatic N) is 4. The van der Waals surface area contributed by atoms with Gasteiger partial charge >= 0.3 is 0 Å². The van der Waals surface area contributed by atoms with Gasteiger partial charge in [-0.3, -0.25) is 0 Å². The third kappa shape index (κ3) is 3.33. The van der Waals surface area contributed by atoms with Crippen LogP contribution in [0.4, 0.5) is 0 Å². The molecule has 0 aliphatic heterocycles. The van der Waals surface area contributed by atoms with Crippen molar-refractivity contribution in [2.75, 3.05) is 0 Å². The molecule has 3 fully saturated rings. The predicted octanol–water partition coefficient (Wildman–Crippen LogP) is 5.94. The first-order valence-corrected chi connectivity index (χ1v) is 11.4. The second-order valence-corrected chi connectivity index (χ2v) is 9.46. The molecule has 4 aromatic heterocycles. The van der Waals surface area contributed by atoms with Crippen molar-refractivity contribution in [1.29, 1.82) is 0 Å². The van der Waals surface area contributed by atoms with Crippen LogP contribution < -0.4 is 0 Å². The van der Waals surface area contributed by atoms with Crippen molar-refractivity contribution < 1.29 is 4.42 Å². The van der Waals surface area contributed by atoms with Crippen LogP contribution in [-0.4, -0.2) is 24.9 Å². The molecule has 31 heavy (non-hydrogen) atoms. The van der Waals surface area contributed by atoms with E-state index < -0.39 is 0 Å². The molecule has 2 bridgehead atoms. The molecular formula is C24H24ClN5O. The molecular weight excluding hydrogens is 410 g/mol. The van der Waals surface area contributed by atoms with Crippen molar-refractivity contribution >= 4 is 22.8 Å². The van der Waals surface area contributed by atoms with Crippen molar-refractivity contribution in [3.63, 3.8) is 0 Å². The van der Waals surface area contributed by atoms with Gasteiger partial charge < -0.3 is 9.40 Å². The number of hydrogen-bond donors (Lipinski definition) is 1. The number of rotatable bonds is 4. The minimum Gasteiger partial charge on any atom is -0.472 e. The Bertz CT molecular complexity index is 1220. The standard InChI is InChI=1S/C24H24ClN5O/c1-13-14-2-4-15(5-3-14)18(13)8-17-9-20(16-6-7-31-12-16)29-23(28-17)19-10-26-24-22(19)30-21(25)11-27-24/h6-7,9-15,18H,2-5,8H2,1H3,(H,26,27). The van der Waals surface area contributed by atoms with E-state index in [1.54, 1.807) is 12.5 Å². The van der Waals surface area contributed by atoms with Crippen molar-refractivity contribution in [1.82, 2.24) is 24.9 Å². The van der Waals surface area contributed by atoms with Crippen LogP contribution in [0.2, 0.25) is 5.15 Å². The van der Waals surface area contributed by atoms with Crippen LogP contribution in [0.3, 0.4) is 0 Å². The summed E-state index contributed by atoms with van der Waals surface area (Å²) >= 11 is 6.12. The average molecular weight is 434 g/mol. The summed E-state index contributed by atoms with van der Waals surface area (Å²) in [5.41, 5.74) is 5.08. The van der Waals surface area contributed by atoms with Gasteiger partial charge in [-0.25, -0.2) is 19.9 Å². The van der Waals surface area contributed by atoms with Crippen LogP contribution in [0.5, 0.6) is 0 Å². The van der Waals surface area contributed by atoms with Crippen LogP contribution >= 0.6 is 11.6 Å². The molecule has 158 valence electrons. The lowest BCUT2D eigenvalue weighted by molar-refractivity contribution is 0.0339. The maximum absolute atomic E-state index is 6.12. The quantitative estimate of drug-likeness (QED) is 0.430. The van der Waals surface area contributed by atoms with Gasteiger partial charge in [-0.1, -0.05) is 18.5 Å². The first-order chi connectivity index (χ1) is 15.2. The third-order valence-electron chi connectivity index (χ3n) is 7.47. The monoisotopic (exact) mass is 433 g/mol. The molecule has 3 aliphatic carbocycles. The van der Waals surface area contributed by atoms with Gasteiger partial charge in [0.15, 0.2) is 11.5 Å². The van der Waals surface area contributed by atoms with Gasteiger partial charge in [0.2, 0.25) is 0 Å². The lowest BCUT2D eigenvalue weighted by Crippen LogP contribution is -2.39. The highest BCUT2D eigenvalue weighted by Crippen LogP contribution is 2.49. The fourth-order valence-electron chi connectivity index (χ4n) is 5.79. The SMILES string of the molecule is CC1C2CCC(CC2)C1Cc1cc(-c2ccoc2)nc(-c2c[nH]c3ncc(Cl)nc23)n1. The Morgan fingerprint density at radius 3 is 2.74 bits per heavy atom. The first-order valence-electron chi connectivity index (χ1n) is 11.1. The number of aromatic nitrogens is 5. The molecule has 3 aliphatic rings. The second kappa shape index (κ2) is 7.45. The van der Waals surface area contributed by atoms with Crippen LogP contribution in [0.1, 0.15) is 38.3 Å². The van der Waals surface area contributed by atoms with Gasteiger partial charge in [0, 0.05) is 17.5 Å². The van der Waals surface area contributed by atoms with E-state index in [1.165, 1.54) is 31.9 Å². The number of hydrogen-bond acceptors (Lipinski definition) is 5. The Morgan fingerprint density at radius 2 is 1.97 bits per heavy atom. The van der Waals surface area contributed by atoms with Crippen molar-refractivity contribution in [3.8, 4) is 22.6 Å². The maximum atomic E-state index is 6.12. The summed E-state index contributed by atoms with van der Waals surface area (Å²) in [7, 11) is 0. The van der Waals surface area contributed by atoms with Crippen molar-refractivity contribution in [3.05, 3.63) is 47.9 Å². The normalized spacial score (nSPS) is 25.4. The molecule has 4 aromatic rings. The van der Waals surface area contributed by atoms with E-state index in [0.29, 0.717) is 28.1 Å².